The molecule has 1 amide bonds. The number of rotatable bonds is 5. The summed E-state index contributed by atoms with van der Waals surface area (Å²) in [5.74, 6) is 0.474. The van der Waals surface area contributed by atoms with Crippen molar-refractivity contribution in [1.82, 2.24) is 5.32 Å². The lowest BCUT2D eigenvalue weighted by molar-refractivity contribution is 0.0953. The summed E-state index contributed by atoms with van der Waals surface area (Å²) in [5, 5.41) is 2.94. The summed E-state index contributed by atoms with van der Waals surface area (Å²) in [4.78, 5) is 14.3. The van der Waals surface area contributed by atoms with Gasteiger partial charge in [-0.3, -0.25) is 4.79 Å². The van der Waals surface area contributed by atoms with E-state index in [9.17, 15) is 4.79 Å². The van der Waals surface area contributed by atoms with Crippen LogP contribution in [0.15, 0.2) is 24.3 Å². The fraction of sp³-hybridized carbons (Fsp3) is 0.500. The van der Waals surface area contributed by atoms with Gasteiger partial charge < -0.3 is 10.2 Å². The Morgan fingerprint density at radius 3 is 2.61 bits per heavy atom. The lowest BCUT2D eigenvalue weighted by atomic mass is 10.1. The summed E-state index contributed by atoms with van der Waals surface area (Å²) in [6.45, 7) is 4.89. The number of nitrogens with zero attached hydrogens (tertiary/aromatic N) is 1. The molecule has 0 heterocycles. The minimum Gasteiger partial charge on any atom is -0.378 e. The molecule has 1 aromatic carbocycles. The molecule has 1 rings (SSSR count). The van der Waals surface area contributed by atoms with E-state index in [1.807, 2.05) is 43.3 Å². The highest BCUT2D eigenvalue weighted by molar-refractivity contribution is 9.09. The van der Waals surface area contributed by atoms with Gasteiger partial charge in [-0.15, -0.1) is 0 Å². The van der Waals surface area contributed by atoms with Gasteiger partial charge in [0.05, 0.1) is 0 Å². The topological polar surface area (TPSA) is 32.3 Å². The van der Waals surface area contributed by atoms with Gasteiger partial charge >= 0.3 is 0 Å². The van der Waals surface area contributed by atoms with Crippen molar-refractivity contribution < 1.29 is 4.79 Å². The summed E-state index contributed by atoms with van der Waals surface area (Å²) in [6, 6.07) is 7.62. The van der Waals surface area contributed by atoms with E-state index in [0.29, 0.717) is 22.9 Å². The molecule has 0 aliphatic heterocycles. The smallest absolute Gasteiger partial charge is 0.251 e. The number of nitrogens with one attached hydrogen (secondary N) is 1. The van der Waals surface area contributed by atoms with Crippen molar-refractivity contribution in [2.24, 2.45) is 5.92 Å². The van der Waals surface area contributed by atoms with Crippen LogP contribution in [0.5, 0.6) is 0 Å². The van der Waals surface area contributed by atoms with E-state index in [-0.39, 0.29) is 5.91 Å². The molecule has 4 heteroatoms. The monoisotopic (exact) mass is 312 g/mol. The van der Waals surface area contributed by atoms with Crippen LogP contribution in [0.2, 0.25) is 0 Å². The van der Waals surface area contributed by atoms with E-state index in [1.165, 1.54) is 0 Å². The van der Waals surface area contributed by atoms with Gasteiger partial charge in [0.1, 0.15) is 0 Å². The third-order valence-electron chi connectivity index (χ3n) is 2.81. The molecule has 0 bridgehead atoms. The van der Waals surface area contributed by atoms with Crippen molar-refractivity contribution in [3.05, 3.63) is 29.8 Å². The lowest BCUT2D eigenvalue weighted by Crippen LogP contribution is -2.31. The van der Waals surface area contributed by atoms with Crippen LogP contribution in [0.3, 0.4) is 0 Å². The summed E-state index contributed by atoms with van der Waals surface area (Å²) in [5.41, 5.74) is 1.73. The zero-order valence-corrected chi connectivity index (χ0v) is 13.0. The highest BCUT2D eigenvalue weighted by Crippen LogP contribution is 2.14. The Morgan fingerprint density at radius 2 is 2.06 bits per heavy atom. The minimum absolute atomic E-state index is 0.0243. The molecule has 18 heavy (non-hydrogen) atoms. The van der Waals surface area contributed by atoms with Crippen LogP contribution in [0, 0.1) is 5.92 Å². The quantitative estimate of drug-likeness (QED) is 0.848. The summed E-state index contributed by atoms with van der Waals surface area (Å²) in [6.07, 6.45) is 0. The van der Waals surface area contributed by atoms with Crippen molar-refractivity contribution in [1.29, 1.82) is 0 Å². The van der Waals surface area contributed by atoms with Crippen molar-refractivity contribution in [2.45, 2.75) is 18.7 Å². The zero-order chi connectivity index (χ0) is 13.7. The SMILES string of the molecule is CC(C)C(Br)CNC(=O)c1cccc(N(C)C)c1. The first-order valence-corrected chi connectivity index (χ1v) is 7.03. The van der Waals surface area contributed by atoms with Crippen LogP contribution in [0.25, 0.3) is 0 Å². The van der Waals surface area contributed by atoms with E-state index in [2.05, 4.69) is 35.1 Å². The second-order valence-electron chi connectivity index (χ2n) is 4.91. The maximum atomic E-state index is 12.0. The van der Waals surface area contributed by atoms with E-state index in [4.69, 9.17) is 0 Å². The van der Waals surface area contributed by atoms with E-state index in [1.54, 1.807) is 0 Å². The molecule has 0 radical (unpaired) electrons. The predicted molar refractivity (Wildman–Crippen MR) is 80.7 cm³/mol. The molecule has 1 aromatic rings. The molecule has 3 nitrogen and oxygen atoms in total. The third-order valence-corrected chi connectivity index (χ3v) is 4.19. The number of benzene rings is 1. The molecule has 0 spiro atoms. The number of carbonyl (C=O) groups is 1. The standard InChI is InChI=1S/C14H21BrN2O/c1-10(2)13(15)9-16-14(18)11-6-5-7-12(8-11)17(3)4/h5-8,10,13H,9H2,1-4H3,(H,16,18). The van der Waals surface area contributed by atoms with Gasteiger partial charge in [0, 0.05) is 36.7 Å². The van der Waals surface area contributed by atoms with E-state index >= 15 is 0 Å². The largest absolute Gasteiger partial charge is 0.378 e. The van der Waals surface area contributed by atoms with Crippen molar-refractivity contribution in [3.8, 4) is 0 Å². The van der Waals surface area contributed by atoms with Crippen molar-refractivity contribution >= 4 is 27.5 Å². The normalized spacial score (nSPS) is 12.3. The van der Waals surface area contributed by atoms with Crippen LogP contribution in [-0.4, -0.2) is 31.4 Å². The van der Waals surface area contributed by atoms with Gasteiger partial charge in [-0.05, 0) is 24.1 Å². The number of hydrogen-bond donors (Lipinski definition) is 1. The first kappa shape index (κ1) is 15.0. The predicted octanol–water partition coefficient (Wildman–Crippen LogP) is 2.90. The number of hydrogen-bond acceptors (Lipinski definition) is 2. The van der Waals surface area contributed by atoms with Crippen LogP contribution in [0.1, 0.15) is 24.2 Å². The zero-order valence-electron chi connectivity index (χ0n) is 11.4. The molecule has 1 N–H and O–H groups in total. The van der Waals surface area contributed by atoms with Crippen LogP contribution >= 0.6 is 15.9 Å². The number of halogens is 1. The second-order valence-corrected chi connectivity index (χ2v) is 6.09. The summed E-state index contributed by atoms with van der Waals surface area (Å²) >= 11 is 3.56. The molecular weight excluding hydrogens is 292 g/mol. The van der Waals surface area contributed by atoms with Crippen molar-refractivity contribution in [2.75, 3.05) is 25.5 Å². The number of amides is 1. The molecule has 100 valence electrons. The molecular formula is C14H21BrN2O. The average molecular weight is 313 g/mol. The van der Waals surface area contributed by atoms with Gasteiger partial charge in [0.25, 0.3) is 5.91 Å². The molecule has 0 saturated carbocycles. The maximum Gasteiger partial charge on any atom is 0.251 e. The molecule has 0 fully saturated rings. The fourth-order valence-corrected chi connectivity index (χ4v) is 1.62. The Labute approximate surface area is 118 Å². The Balaban J connectivity index is 2.64. The maximum absolute atomic E-state index is 12.0. The van der Waals surface area contributed by atoms with Gasteiger partial charge in [-0.1, -0.05) is 35.8 Å². The van der Waals surface area contributed by atoms with E-state index in [0.717, 1.165) is 5.69 Å². The molecule has 0 saturated heterocycles. The van der Waals surface area contributed by atoms with Crippen LogP contribution in [-0.2, 0) is 0 Å². The lowest BCUT2D eigenvalue weighted by Gasteiger charge is -2.16. The number of carbonyl (C=O) groups excluding carboxylic acids is 1. The highest BCUT2D eigenvalue weighted by atomic mass is 79.9. The molecule has 1 atom stereocenters. The highest BCUT2D eigenvalue weighted by Gasteiger charge is 2.12. The van der Waals surface area contributed by atoms with Crippen LogP contribution < -0.4 is 10.2 Å². The van der Waals surface area contributed by atoms with Gasteiger partial charge in [0.15, 0.2) is 0 Å². The van der Waals surface area contributed by atoms with E-state index < -0.39 is 0 Å². The molecule has 0 aromatic heterocycles. The Hall–Kier alpha value is -1.03. The molecule has 0 aliphatic carbocycles. The third kappa shape index (κ3) is 4.33. The second kappa shape index (κ2) is 6.78. The number of anilines is 1. The average Bonchev–Trinajstić information content (AvgIpc) is 2.35. The summed E-state index contributed by atoms with van der Waals surface area (Å²) < 4.78 is 0. The summed E-state index contributed by atoms with van der Waals surface area (Å²) in [7, 11) is 3.93. The molecule has 1 unspecified atom stereocenters. The van der Waals surface area contributed by atoms with Crippen molar-refractivity contribution in [3.63, 3.8) is 0 Å². The van der Waals surface area contributed by atoms with Gasteiger partial charge in [-0.2, -0.15) is 0 Å². The minimum atomic E-state index is -0.0243. The Kier molecular flexibility index (Phi) is 5.66. The number of alkyl halides is 1. The fourth-order valence-electron chi connectivity index (χ4n) is 1.45. The van der Waals surface area contributed by atoms with Gasteiger partial charge in [0.2, 0.25) is 0 Å². The Morgan fingerprint density at radius 1 is 1.39 bits per heavy atom. The first-order chi connectivity index (χ1) is 8.41. The molecule has 0 aliphatic rings. The Bertz CT molecular complexity index is 405. The first-order valence-electron chi connectivity index (χ1n) is 6.11. The van der Waals surface area contributed by atoms with Gasteiger partial charge in [-0.25, -0.2) is 0 Å². The van der Waals surface area contributed by atoms with Crippen LogP contribution in [0.4, 0.5) is 5.69 Å².